The smallest absolute Gasteiger partial charge is 0.0374 e. The Morgan fingerprint density at radius 2 is 2.14 bits per heavy atom. The molecule has 0 aliphatic rings. The van der Waals surface area contributed by atoms with Crippen molar-refractivity contribution in [3.8, 4) is 0 Å². The minimum atomic E-state index is 0.161. The second-order valence-corrected chi connectivity index (χ2v) is 4.08. The average Bonchev–Trinajstić information content (AvgIpc) is 1.68. The fourth-order valence-corrected chi connectivity index (χ4v) is 0.283. The molecule has 0 aliphatic carbocycles. The Morgan fingerprint density at radius 1 is 1.71 bits per heavy atom. The third-order valence-corrected chi connectivity index (χ3v) is 2.77. The van der Waals surface area contributed by atoms with Crippen LogP contribution in [0.25, 0.3) is 0 Å². The number of halogens is 2. The molecular weight excluding hydrogens is 175 g/mol. The van der Waals surface area contributed by atoms with Crippen molar-refractivity contribution < 1.29 is 0 Å². The molecule has 0 aliphatic heterocycles. The predicted molar refractivity (Wildman–Crippen MR) is 38.3 cm³/mol. The Balaban J connectivity index is 3.36. The predicted octanol–water partition coefficient (Wildman–Crippen LogP) is 2.79. The summed E-state index contributed by atoms with van der Waals surface area (Å²) in [4.78, 5) is 0. The molecule has 0 rings (SSSR count). The van der Waals surface area contributed by atoms with Gasteiger partial charge in [0.25, 0.3) is 0 Å². The molecule has 7 heavy (non-hydrogen) atoms. The van der Waals surface area contributed by atoms with Crippen molar-refractivity contribution in [1.82, 2.24) is 0 Å². The minimum absolute atomic E-state index is 0.161. The van der Waals surface area contributed by atoms with Gasteiger partial charge in [-0.05, 0) is 13.3 Å². The van der Waals surface area contributed by atoms with Crippen molar-refractivity contribution in [2.45, 2.75) is 24.6 Å². The van der Waals surface area contributed by atoms with Gasteiger partial charge in [-0.3, -0.25) is 0 Å². The summed E-state index contributed by atoms with van der Waals surface area (Å²) in [7, 11) is 0. The molecule has 0 spiro atoms. The molecule has 2 heteroatoms. The summed E-state index contributed by atoms with van der Waals surface area (Å²) in [5.74, 6) is 0.684. The van der Waals surface area contributed by atoms with Gasteiger partial charge in [-0.1, -0.05) is 22.9 Å². The zero-order valence-corrected chi connectivity index (χ0v) is 7.01. The maximum absolute atomic E-state index is 5.55. The molecule has 1 atom stereocenters. The number of hydrogen-bond donors (Lipinski definition) is 0. The second-order valence-electron chi connectivity index (χ2n) is 1.90. The topological polar surface area (TPSA) is 0 Å². The van der Waals surface area contributed by atoms with Gasteiger partial charge in [0.05, 0.1) is 0 Å². The Labute approximate surface area is 58.4 Å². The van der Waals surface area contributed by atoms with E-state index < -0.39 is 0 Å². The first kappa shape index (κ1) is 7.77. The largest absolute Gasteiger partial charge is 0.125 e. The second kappa shape index (κ2) is 2.93. The molecule has 0 nitrogen and oxygen atoms in total. The summed E-state index contributed by atoms with van der Waals surface area (Å²) in [6.07, 6.45) is 1.08. The van der Waals surface area contributed by atoms with Gasteiger partial charge >= 0.3 is 0 Å². The molecule has 0 radical (unpaired) electrons. The monoisotopic (exact) mass is 184 g/mol. The van der Waals surface area contributed by atoms with Crippen LogP contribution in [0.5, 0.6) is 0 Å². The first-order valence-electron chi connectivity index (χ1n) is 2.37. The van der Waals surface area contributed by atoms with Gasteiger partial charge in [0.2, 0.25) is 0 Å². The highest BCUT2D eigenvalue weighted by atomic mass is 79.9. The highest BCUT2D eigenvalue weighted by Crippen LogP contribution is 2.21. The minimum Gasteiger partial charge on any atom is -0.125 e. The molecule has 0 N–H and O–H groups in total. The van der Waals surface area contributed by atoms with E-state index in [4.69, 9.17) is 11.6 Å². The Hall–Kier alpha value is 0.770. The molecule has 0 aromatic heterocycles. The van der Waals surface area contributed by atoms with Crippen LogP contribution >= 0.6 is 27.5 Å². The normalized spacial score (nSPS) is 18.9. The first-order valence-corrected chi connectivity index (χ1v) is 3.70. The lowest BCUT2D eigenvalue weighted by Crippen LogP contribution is -2.14. The van der Waals surface area contributed by atoms with Crippen molar-refractivity contribution in [3.05, 3.63) is 0 Å². The summed E-state index contributed by atoms with van der Waals surface area (Å²) in [5, 5.41) is 0. The molecule has 0 saturated heterocycles. The van der Waals surface area contributed by atoms with Crippen LogP contribution in [0.3, 0.4) is 0 Å². The zero-order chi connectivity index (χ0) is 5.91. The molecule has 0 unspecified atom stereocenters. The number of hydrogen-bond acceptors (Lipinski definition) is 0. The van der Waals surface area contributed by atoms with Gasteiger partial charge in [-0.15, -0.1) is 11.6 Å². The highest BCUT2D eigenvalue weighted by Gasteiger charge is 2.14. The maximum atomic E-state index is 5.55. The maximum Gasteiger partial charge on any atom is 0.0374 e. The molecule has 0 bridgehead atoms. The fourth-order valence-electron chi connectivity index (χ4n) is 0.0945. The molecule has 0 fully saturated rings. The van der Waals surface area contributed by atoms with Crippen LogP contribution in [-0.2, 0) is 0 Å². The van der Waals surface area contributed by atoms with E-state index in [1.54, 1.807) is 0 Å². The van der Waals surface area contributed by atoms with Gasteiger partial charge in [0.1, 0.15) is 0 Å². The number of alkyl halides is 2. The van der Waals surface area contributed by atoms with Gasteiger partial charge in [-0.25, -0.2) is 0 Å². The summed E-state index contributed by atoms with van der Waals surface area (Å²) < 4.78 is 0.161. The zero-order valence-electron chi connectivity index (χ0n) is 4.67. The molecular formula is C5H10BrCl. The van der Waals surface area contributed by atoms with E-state index in [9.17, 15) is 0 Å². The van der Waals surface area contributed by atoms with Crippen LogP contribution in [0.4, 0.5) is 0 Å². The van der Waals surface area contributed by atoms with Crippen molar-refractivity contribution >= 4 is 27.5 Å². The summed E-state index contributed by atoms with van der Waals surface area (Å²) in [6, 6.07) is 0. The SMILES string of the molecule is CC[C@@](C)(Br)CCl. The van der Waals surface area contributed by atoms with Crippen molar-refractivity contribution in [2.24, 2.45) is 0 Å². The Morgan fingerprint density at radius 3 is 2.14 bits per heavy atom. The third kappa shape index (κ3) is 3.36. The van der Waals surface area contributed by atoms with Gasteiger partial charge in [0.15, 0.2) is 0 Å². The standard InChI is InChI=1S/C5H10BrCl/c1-3-5(2,6)4-7/h3-4H2,1-2H3/t5-/m1/s1. The van der Waals surface area contributed by atoms with Crippen LogP contribution in [0.1, 0.15) is 20.3 Å². The highest BCUT2D eigenvalue weighted by molar-refractivity contribution is 9.10. The van der Waals surface area contributed by atoms with Crippen LogP contribution in [-0.4, -0.2) is 10.2 Å². The molecule has 0 aromatic carbocycles. The third-order valence-electron chi connectivity index (χ3n) is 1.02. The molecule has 0 saturated carbocycles. The van der Waals surface area contributed by atoms with Crippen molar-refractivity contribution in [3.63, 3.8) is 0 Å². The van der Waals surface area contributed by atoms with Crippen LogP contribution in [0.2, 0.25) is 0 Å². The lowest BCUT2D eigenvalue weighted by Gasteiger charge is -2.14. The quantitative estimate of drug-likeness (QED) is 0.581. The van der Waals surface area contributed by atoms with E-state index in [-0.39, 0.29) is 4.32 Å². The van der Waals surface area contributed by atoms with E-state index >= 15 is 0 Å². The Kier molecular flexibility index (Phi) is 3.25. The summed E-state index contributed by atoms with van der Waals surface area (Å²) in [5.41, 5.74) is 0. The first-order chi connectivity index (χ1) is 3.12. The van der Waals surface area contributed by atoms with E-state index in [1.807, 2.05) is 0 Å². The average molecular weight is 185 g/mol. The summed E-state index contributed by atoms with van der Waals surface area (Å²) in [6.45, 7) is 4.19. The van der Waals surface area contributed by atoms with E-state index in [0.717, 1.165) is 6.42 Å². The lowest BCUT2D eigenvalue weighted by atomic mass is 10.2. The van der Waals surface area contributed by atoms with Crippen LogP contribution in [0.15, 0.2) is 0 Å². The van der Waals surface area contributed by atoms with Crippen LogP contribution < -0.4 is 0 Å². The molecule has 44 valence electrons. The molecule has 0 amide bonds. The van der Waals surface area contributed by atoms with Gasteiger partial charge in [-0.2, -0.15) is 0 Å². The molecule has 0 heterocycles. The van der Waals surface area contributed by atoms with Crippen molar-refractivity contribution in [1.29, 1.82) is 0 Å². The fraction of sp³-hybridized carbons (Fsp3) is 1.00. The Bertz CT molecular complexity index is 46.0. The van der Waals surface area contributed by atoms with E-state index in [2.05, 4.69) is 29.8 Å². The van der Waals surface area contributed by atoms with Gasteiger partial charge < -0.3 is 0 Å². The lowest BCUT2D eigenvalue weighted by molar-refractivity contribution is 0.707. The van der Waals surface area contributed by atoms with Crippen LogP contribution in [0, 0.1) is 0 Å². The van der Waals surface area contributed by atoms with E-state index in [0.29, 0.717) is 5.88 Å². The summed E-state index contributed by atoms with van der Waals surface area (Å²) >= 11 is 8.99. The molecule has 0 aromatic rings. The van der Waals surface area contributed by atoms with Crippen molar-refractivity contribution in [2.75, 3.05) is 5.88 Å². The van der Waals surface area contributed by atoms with Gasteiger partial charge in [0, 0.05) is 10.2 Å². The number of rotatable bonds is 2. The van der Waals surface area contributed by atoms with E-state index in [1.165, 1.54) is 0 Å².